The third-order valence-corrected chi connectivity index (χ3v) is 2.63. The van der Waals surface area contributed by atoms with Crippen LogP contribution in [-0.2, 0) is 0 Å². The lowest BCUT2D eigenvalue weighted by atomic mass is 9.91. The molecule has 1 aromatic carbocycles. The molecule has 0 heterocycles. The highest BCUT2D eigenvalue weighted by atomic mass is 14.1. The number of hydrogen-bond acceptors (Lipinski definition) is 0. The zero-order chi connectivity index (χ0) is 9.68. The Balaban J connectivity index is 2.85. The van der Waals surface area contributed by atoms with Gasteiger partial charge in [-0.25, -0.2) is 0 Å². The highest BCUT2D eigenvalue weighted by Gasteiger charge is 2.07. The van der Waals surface area contributed by atoms with Crippen molar-refractivity contribution < 1.29 is 0 Å². The van der Waals surface area contributed by atoms with Gasteiger partial charge < -0.3 is 0 Å². The van der Waals surface area contributed by atoms with E-state index < -0.39 is 0 Å². The molecule has 1 atom stereocenters. The molecule has 1 unspecified atom stereocenters. The molecule has 0 bridgehead atoms. The first kappa shape index (κ1) is 10.0. The first-order valence-corrected chi connectivity index (χ1v) is 4.99. The topological polar surface area (TPSA) is 0 Å². The highest BCUT2D eigenvalue weighted by molar-refractivity contribution is 5.27. The maximum atomic E-state index is 2.27. The van der Waals surface area contributed by atoms with Crippen molar-refractivity contribution >= 4 is 0 Å². The van der Waals surface area contributed by atoms with Crippen molar-refractivity contribution in [3.8, 4) is 0 Å². The summed E-state index contributed by atoms with van der Waals surface area (Å²) >= 11 is 0. The van der Waals surface area contributed by atoms with E-state index in [1.54, 1.807) is 0 Å². The van der Waals surface area contributed by atoms with Gasteiger partial charge in [-0.1, -0.05) is 55.8 Å². The van der Waals surface area contributed by atoms with Crippen LogP contribution in [0.25, 0.3) is 0 Å². The third-order valence-electron chi connectivity index (χ3n) is 2.63. The van der Waals surface area contributed by atoms with Gasteiger partial charge in [-0.15, -0.1) is 0 Å². The van der Waals surface area contributed by atoms with E-state index in [-0.39, 0.29) is 0 Å². The maximum absolute atomic E-state index is 2.27. The molecule has 0 nitrogen and oxygen atoms in total. The standard InChI is InChI=1S/C13H18/c1-4-12(5-2)11(3)13-9-7-6-8-10-13/h4,6-11H,5H2,1-3H3. The van der Waals surface area contributed by atoms with E-state index >= 15 is 0 Å². The zero-order valence-corrected chi connectivity index (χ0v) is 8.75. The van der Waals surface area contributed by atoms with Gasteiger partial charge in [-0.05, 0) is 18.9 Å². The van der Waals surface area contributed by atoms with Gasteiger partial charge in [-0.2, -0.15) is 0 Å². The molecule has 0 saturated heterocycles. The van der Waals surface area contributed by atoms with Crippen molar-refractivity contribution in [2.75, 3.05) is 0 Å². The van der Waals surface area contributed by atoms with E-state index in [1.165, 1.54) is 11.1 Å². The van der Waals surface area contributed by atoms with Crippen molar-refractivity contribution in [2.45, 2.75) is 33.1 Å². The molecule has 0 aliphatic heterocycles. The summed E-state index contributed by atoms with van der Waals surface area (Å²) in [6, 6.07) is 10.7. The minimum absolute atomic E-state index is 0.566. The maximum Gasteiger partial charge on any atom is 0.00195 e. The number of benzene rings is 1. The summed E-state index contributed by atoms with van der Waals surface area (Å²) in [7, 11) is 0. The predicted octanol–water partition coefficient (Wildman–Crippen LogP) is 4.15. The van der Waals surface area contributed by atoms with Crippen LogP contribution in [0.15, 0.2) is 42.0 Å². The molecular weight excluding hydrogens is 156 g/mol. The SMILES string of the molecule is CC=C(CC)C(C)c1ccccc1. The fraction of sp³-hybridized carbons (Fsp3) is 0.385. The Morgan fingerprint density at radius 1 is 1.31 bits per heavy atom. The van der Waals surface area contributed by atoms with Crippen molar-refractivity contribution in [1.82, 2.24) is 0 Å². The zero-order valence-electron chi connectivity index (χ0n) is 8.75. The monoisotopic (exact) mass is 174 g/mol. The van der Waals surface area contributed by atoms with Crippen LogP contribution in [0.4, 0.5) is 0 Å². The summed E-state index contributed by atoms with van der Waals surface area (Å²) in [6.45, 7) is 6.61. The molecule has 1 rings (SSSR count). The van der Waals surface area contributed by atoms with Gasteiger partial charge in [-0.3, -0.25) is 0 Å². The molecule has 0 aliphatic carbocycles. The first-order valence-electron chi connectivity index (χ1n) is 4.99. The molecule has 0 spiro atoms. The fourth-order valence-electron chi connectivity index (χ4n) is 1.72. The number of hydrogen-bond donors (Lipinski definition) is 0. The third kappa shape index (κ3) is 2.45. The van der Waals surface area contributed by atoms with E-state index in [0.29, 0.717) is 5.92 Å². The van der Waals surface area contributed by atoms with Crippen LogP contribution >= 0.6 is 0 Å². The predicted molar refractivity (Wildman–Crippen MR) is 58.9 cm³/mol. The van der Waals surface area contributed by atoms with Crippen molar-refractivity contribution in [3.63, 3.8) is 0 Å². The summed E-state index contributed by atoms with van der Waals surface area (Å²) in [4.78, 5) is 0. The largest absolute Gasteiger partial charge is 0.0879 e. The minimum atomic E-state index is 0.566. The van der Waals surface area contributed by atoms with Crippen molar-refractivity contribution in [1.29, 1.82) is 0 Å². The summed E-state index contributed by atoms with van der Waals surface area (Å²) in [5.41, 5.74) is 2.93. The second kappa shape index (κ2) is 4.86. The Kier molecular flexibility index (Phi) is 3.75. The van der Waals surface area contributed by atoms with Crippen molar-refractivity contribution in [3.05, 3.63) is 47.5 Å². The lowest BCUT2D eigenvalue weighted by Crippen LogP contribution is -1.96. The van der Waals surface area contributed by atoms with E-state index in [1.807, 2.05) is 0 Å². The van der Waals surface area contributed by atoms with Crippen LogP contribution in [0.5, 0.6) is 0 Å². The fourth-order valence-corrected chi connectivity index (χ4v) is 1.72. The lowest BCUT2D eigenvalue weighted by Gasteiger charge is -2.14. The molecule has 70 valence electrons. The summed E-state index contributed by atoms with van der Waals surface area (Å²) in [6.07, 6.45) is 3.38. The molecule has 0 N–H and O–H groups in total. The molecule has 0 amide bonds. The van der Waals surface area contributed by atoms with Gasteiger partial charge in [0.15, 0.2) is 0 Å². The second-order valence-electron chi connectivity index (χ2n) is 3.35. The summed E-state index contributed by atoms with van der Waals surface area (Å²) < 4.78 is 0. The van der Waals surface area contributed by atoms with Gasteiger partial charge in [0.2, 0.25) is 0 Å². The Morgan fingerprint density at radius 2 is 1.92 bits per heavy atom. The molecule has 0 aromatic heterocycles. The molecule has 0 radical (unpaired) electrons. The van der Waals surface area contributed by atoms with Crippen LogP contribution in [0.1, 0.15) is 38.7 Å². The minimum Gasteiger partial charge on any atom is -0.0879 e. The van der Waals surface area contributed by atoms with E-state index in [9.17, 15) is 0 Å². The summed E-state index contributed by atoms with van der Waals surface area (Å²) in [5, 5.41) is 0. The normalized spacial score (nSPS) is 14.2. The number of allylic oxidation sites excluding steroid dienone is 2. The Hall–Kier alpha value is -1.04. The first-order chi connectivity index (χ1) is 6.29. The van der Waals surface area contributed by atoms with Crippen LogP contribution in [0.2, 0.25) is 0 Å². The second-order valence-corrected chi connectivity index (χ2v) is 3.35. The summed E-state index contributed by atoms with van der Waals surface area (Å²) in [5.74, 6) is 0.566. The van der Waals surface area contributed by atoms with E-state index in [4.69, 9.17) is 0 Å². The molecule has 13 heavy (non-hydrogen) atoms. The van der Waals surface area contributed by atoms with E-state index in [0.717, 1.165) is 6.42 Å². The molecule has 1 aromatic rings. The van der Waals surface area contributed by atoms with E-state index in [2.05, 4.69) is 57.2 Å². The van der Waals surface area contributed by atoms with Gasteiger partial charge >= 0.3 is 0 Å². The molecule has 0 aliphatic rings. The Labute approximate surface area is 81.3 Å². The molecule has 0 heteroatoms. The van der Waals surface area contributed by atoms with Gasteiger partial charge in [0.05, 0.1) is 0 Å². The highest BCUT2D eigenvalue weighted by Crippen LogP contribution is 2.25. The Morgan fingerprint density at radius 3 is 2.38 bits per heavy atom. The van der Waals surface area contributed by atoms with Crippen molar-refractivity contribution in [2.24, 2.45) is 0 Å². The molecule has 0 saturated carbocycles. The average molecular weight is 174 g/mol. The van der Waals surface area contributed by atoms with Crippen LogP contribution in [-0.4, -0.2) is 0 Å². The lowest BCUT2D eigenvalue weighted by molar-refractivity contribution is 0.835. The van der Waals surface area contributed by atoms with Gasteiger partial charge in [0.25, 0.3) is 0 Å². The Bertz CT molecular complexity index is 269. The van der Waals surface area contributed by atoms with Gasteiger partial charge in [0, 0.05) is 5.92 Å². The number of rotatable bonds is 3. The molecule has 0 fully saturated rings. The van der Waals surface area contributed by atoms with Crippen LogP contribution in [0.3, 0.4) is 0 Å². The van der Waals surface area contributed by atoms with Gasteiger partial charge in [0.1, 0.15) is 0 Å². The van der Waals surface area contributed by atoms with Crippen LogP contribution in [0, 0.1) is 0 Å². The quantitative estimate of drug-likeness (QED) is 0.604. The molecular formula is C13H18. The smallest absolute Gasteiger partial charge is 0.00195 e. The van der Waals surface area contributed by atoms with Crippen LogP contribution < -0.4 is 0 Å². The average Bonchev–Trinajstić information content (AvgIpc) is 2.21.